The molecule has 1 amide bonds. The summed E-state index contributed by atoms with van der Waals surface area (Å²) in [4.78, 5) is 28.4. The zero-order chi connectivity index (χ0) is 26.9. The fourth-order valence-electron chi connectivity index (χ4n) is 5.60. The Morgan fingerprint density at radius 1 is 1.13 bits per heavy atom. The van der Waals surface area contributed by atoms with E-state index in [1.54, 1.807) is 18.2 Å². The van der Waals surface area contributed by atoms with Crippen LogP contribution in [0.25, 0.3) is 0 Å². The van der Waals surface area contributed by atoms with Crippen LogP contribution in [0.5, 0.6) is 5.88 Å². The van der Waals surface area contributed by atoms with Crippen molar-refractivity contribution in [2.24, 2.45) is 5.92 Å². The second-order valence-corrected chi connectivity index (χ2v) is 11.1. The summed E-state index contributed by atoms with van der Waals surface area (Å²) in [6, 6.07) is 11.6. The number of rotatable bonds is 6. The molecule has 3 aliphatic heterocycles. The third kappa shape index (κ3) is 5.49. The normalized spacial score (nSPS) is 19.7. The van der Waals surface area contributed by atoms with Crippen molar-refractivity contribution < 1.29 is 9.53 Å². The first-order valence-electron chi connectivity index (χ1n) is 13.3. The van der Waals surface area contributed by atoms with Gasteiger partial charge in [0.2, 0.25) is 11.8 Å². The summed E-state index contributed by atoms with van der Waals surface area (Å²) in [5.41, 5.74) is 4.20. The van der Waals surface area contributed by atoms with Crippen molar-refractivity contribution in [1.82, 2.24) is 20.2 Å². The summed E-state index contributed by atoms with van der Waals surface area (Å²) >= 11 is 12.6. The Morgan fingerprint density at radius 3 is 2.67 bits per heavy atom. The minimum atomic E-state index is -0.318. The smallest absolute Gasteiger partial charge is 0.268 e. The van der Waals surface area contributed by atoms with Gasteiger partial charge in [0, 0.05) is 50.3 Å². The Labute approximate surface area is 238 Å². The second kappa shape index (κ2) is 11.2. The van der Waals surface area contributed by atoms with Gasteiger partial charge >= 0.3 is 0 Å². The molecule has 1 aromatic heterocycles. The fraction of sp³-hybridized carbons (Fsp3) is 0.393. The Balaban J connectivity index is 1.23. The number of hydrogen-bond acceptors (Lipinski definition) is 8. The molecule has 3 aromatic rings. The zero-order valence-electron chi connectivity index (χ0n) is 21.8. The molecule has 6 rings (SSSR count). The number of anilines is 4. The van der Waals surface area contributed by atoms with Crippen LogP contribution in [-0.2, 0) is 6.42 Å². The van der Waals surface area contributed by atoms with E-state index in [4.69, 9.17) is 27.9 Å². The number of piperazine rings is 1. The maximum absolute atomic E-state index is 13.2. The van der Waals surface area contributed by atoms with Crippen molar-refractivity contribution in [3.05, 3.63) is 63.8 Å². The van der Waals surface area contributed by atoms with Crippen molar-refractivity contribution >= 4 is 52.1 Å². The third-order valence-corrected chi connectivity index (χ3v) is 8.17. The lowest BCUT2D eigenvalue weighted by molar-refractivity contribution is 0.0932. The van der Waals surface area contributed by atoms with Gasteiger partial charge in [-0.05, 0) is 68.2 Å². The van der Waals surface area contributed by atoms with Crippen molar-refractivity contribution in [1.29, 1.82) is 0 Å². The number of carbonyl (C=O) groups excluding carboxylic acids is 1. The molecular formula is C28H31Cl2N7O2. The number of ether oxygens (including phenoxy) is 1. The van der Waals surface area contributed by atoms with Gasteiger partial charge in [0.15, 0.2) is 6.73 Å². The maximum Gasteiger partial charge on any atom is 0.268 e. The Hall–Kier alpha value is -3.11. The Morgan fingerprint density at radius 2 is 1.92 bits per heavy atom. The van der Waals surface area contributed by atoms with Crippen LogP contribution < -0.4 is 25.2 Å². The summed E-state index contributed by atoms with van der Waals surface area (Å²) in [5.74, 6) is 0.915. The number of benzene rings is 2. The first kappa shape index (κ1) is 26.1. The fourth-order valence-corrected chi connectivity index (χ4v) is 6.20. The molecule has 0 saturated carbocycles. The SMILES string of the molecule is CN1CCC(Cc2cc(Nc3ncc4c(n3)OCN(c3c(Cl)cccc3Cl)C4=O)ccc2N2CCNCC2)C1. The molecule has 0 radical (unpaired) electrons. The van der Waals surface area contributed by atoms with Crippen molar-refractivity contribution in [3.8, 4) is 5.88 Å². The molecule has 0 aliphatic carbocycles. The van der Waals surface area contributed by atoms with E-state index in [2.05, 4.69) is 55.6 Å². The van der Waals surface area contributed by atoms with Crippen LogP contribution in [0, 0.1) is 5.92 Å². The summed E-state index contributed by atoms with van der Waals surface area (Å²) in [5, 5.41) is 7.50. The topological polar surface area (TPSA) is 85.9 Å². The van der Waals surface area contributed by atoms with E-state index < -0.39 is 0 Å². The van der Waals surface area contributed by atoms with Crippen LogP contribution in [0.15, 0.2) is 42.6 Å². The number of nitrogens with zero attached hydrogens (tertiary/aromatic N) is 5. The molecule has 0 bridgehead atoms. The molecule has 2 fully saturated rings. The molecule has 39 heavy (non-hydrogen) atoms. The molecule has 2 aromatic carbocycles. The highest BCUT2D eigenvalue weighted by molar-refractivity contribution is 6.40. The van der Waals surface area contributed by atoms with Crippen LogP contribution in [0.2, 0.25) is 10.0 Å². The average Bonchev–Trinajstić information content (AvgIpc) is 3.34. The van der Waals surface area contributed by atoms with Crippen LogP contribution in [-0.4, -0.2) is 73.8 Å². The van der Waals surface area contributed by atoms with Gasteiger partial charge in [0.25, 0.3) is 5.91 Å². The first-order chi connectivity index (χ1) is 19.0. The number of carbonyl (C=O) groups is 1. The Bertz CT molecular complexity index is 1360. The molecule has 204 valence electrons. The highest BCUT2D eigenvalue weighted by atomic mass is 35.5. The third-order valence-electron chi connectivity index (χ3n) is 7.56. The van der Waals surface area contributed by atoms with E-state index in [0.29, 0.717) is 27.6 Å². The average molecular weight is 569 g/mol. The van der Waals surface area contributed by atoms with E-state index >= 15 is 0 Å². The van der Waals surface area contributed by atoms with E-state index in [9.17, 15) is 4.79 Å². The molecule has 2 N–H and O–H groups in total. The van der Waals surface area contributed by atoms with Gasteiger partial charge in [-0.2, -0.15) is 4.98 Å². The van der Waals surface area contributed by atoms with Gasteiger partial charge in [-0.15, -0.1) is 0 Å². The first-order valence-corrected chi connectivity index (χ1v) is 14.0. The molecule has 2 saturated heterocycles. The highest BCUT2D eigenvalue weighted by Crippen LogP contribution is 2.37. The zero-order valence-corrected chi connectivity index (χ0v) is 23.3. The largest absolute Gasteiger partial charge is 0.455 e. The van der Waals surface area contributed by atoms with Gasteiger partial charge < -0.3 is 25.2 Å². The van der Waals surface area contributed by atoms with Gasteiger partial charge in [-0.25, -0.2) is 4.98 Å². The minimum Gasteiger partial charge on any atom is -0.455 e. The van der Waals surface area contributed by atoms with Crippen molar-refractivity contribution in [2.45, 2.75) is 12.8 Å². The molecule has 0 spiro atoms. The van der Waals surface area contributed by atoms with Crippen molar-refractivity contribution in [3.63, 3.8) is 0 Å². The number of nitrogens with one attached hydrogen (secondary N) is 2. The summed E-state index contributed by atoms with van der Waals surface area (Å²) in [6.45, 7) is 6.20. The second-order valence-electron chi connectivity index (χ2n) is 10.3. The van der Waals surface area contributed by atoms with E-state index in [1.807, 2.05) is 0 Å². The summed E-state index contributed by atoms with van der Waals surface area (Å²) in [6.07, 6.45) is 3.72. The summed E-state index contributed by atoms with van der Waals surface area (Å²) < 4.78 is 5.85. The standard InChI is InChI=1S/C28H31Cl2N7O2/c1-35-10-7-18(16-35)13-19-14-20(5-6-24(19)36-11-8-31-9-12-36)33-28-32-15-21-26(34-28)39-17-37(27(21)38)25-22(29)3-2-4-23(25)30/h2-6,14-15,18,31H,7-13,16-17H2,1H3,(H,32,33,34). The van der Waals surface area contributed by atoms with Crippen LogP contribution in [0.4, 0.5) is 23.0 Å². The number of fused-ring (bicyclic) bond motifs is 1. The number of hydrogen-bond donors (Lipinski definition) is 2. The molecule has 3 aliphatic rings. The lowest BCUT2D eigenvalue weighted by Gasteiger charge is -2.32. The van der Waals surface area contributed by atoms with E-state index in [0.717, 1.165) is 51.4 Å². The predicted molar refractivity (Wildman–Crippen MR) is 155 cm³/mol. The highest BCUT2D eigenvalue weighted by Gasteiger charge is 2.31. The number of likely N-dealkylation sites (tertiary alicyclic amines) is 1. The van der Waals surface area contributed by atoms with Gasteiger partial charge in [-0.3, -0.25) is 9.69 Å². The number of amides is 1. The maximum atomic E-state index is 13.2. The van der Waals surface area contributed by atoms with Crippen LogP contribution >= 0.6 is 23.2 Å². The Kier molecular flexibility index (Phi) is 7.49. The quantitative estimate of drug-likeness (QED) is 0.452. The molecule has 4 heterocycles. The van der Waals surface area contributed by atoms with E-state index in [1.165, 1.54) is 28.8 Å². The van der Waals surface area contributed by atoms with E-state index in [-0.39, 0.29) is 24.1 Å². The molecule has 1 atom stereocenters. The number of aromatic nitrogens is 2. The van der Waals surface area contributed by atoms with Crippen molar-refractivity contribution in [2.75, 3.05) is 68.2 Å². The van der Waals surface area contributed by atoms with Crippen LogP contribution in [0.3, 0.4) is 0 Å². The van der Waals surface area contributed by atoms with Gasteiger partial charge in [0.05, 0.1) is 15.7 Å². The monoisotopic (exact) mass is 567 g/mol. The number of halogens is 2. The number of para-hydroxylation sites is 1. The van der Waals surface area contributed by atoms with Gasteiger partial charge in [-0.1, -0.05) is 29.3 Å². The minimum absolute atomic E-state index is 0.0505. The van der Waals surface area contributed by atoms with Gasteiger partial charge in [0.1, 0.15) is 5.56 Å². The molecule has 9 nitrogen and oxygen atoms in total. The lowest BCUT2D eigenvalue weighted by Crippen LogP contribution is -2.44. The molecule has 11 heteroatoms. The molecule has 1 unspecified atom stereocenters. The molecular weight excluding hydrogens is 537 g/mol. The summed E-state index contributed by atoms with van der Waals surface area (Å²) in [7, 11) is 2.19. The van der Waals surface area contributed by atoms with Crippen LogP contribution in [0.1, 0.15) is 22.3 Å². The lowest BCUT2D eigenvalue weighted by atomic mass is 9.96. The predicted octanol–water partition coefficient (Wildman–Crippen LogP) is 4.43.